The fourth-order valence-electron chi connectivity index (χ4n) is 2.00. The molecule has 0 unspecified atom stereocenters. The zero-order valence-corrected chi connectivity index (χ0v) is 11.7. The first-order chi connectivity index (χ1) is 9.52. The molecule has 0 fully saturated rings. The smallest absolute Gasteiger partial charge is 0.259 e. The van der Waals surface area contributed by atoms with Gasteiger partial charge in [0.25, 0.3) is 5.91 Å². The molecule has 4 nitrogen and oxygen atoms in total. The van der Waals surface area contributed by atoms with Crippen LogP contribution in [0.3, 0.4) is 0 Å². The van der Waals surface area contributed by atoms with E-state index in [2.05, 4.69) is 4.98 Å². The van der Waals surface area contributed by atoms with E-state index >= 15 is 0 Å². The van der Waals surface area contributed by atoms with Crippen molar-refractivity contribution >= 4 is 11.6 Å². The minimum Gasteiger partial charge on any atom is -0.311 e. The van der Waals surface area contributed by atoms with Gasteiger partial charge in [0.2, 0.25) is 0 Å². The summed E-state index contributed by atoms with van der Waals surface area (Å²) in [5.41, 5.74) is 3.76. The molecule has 0 saturated heterocycles. The highest BCUT2D eigenvalue weighted by atomic mass is 16.2. The summed E-state index contributed by atoms with van der Waals surface area (Å²) in [6.07, 6.45) is 2.92. The Labute approximate surface area is 118 Å². The fraction of sp³-hybridized carbons (Fsp3) is 0.188. The zero-order valence-electron chi connectivity index (χ0n) is 11.7. The number of nitrogens with zero attached hydrogens (tertiary/aromatic N) is 3. The number of carbonyl (C=O) groups excluding carboxylic acids is 1. The minimum atomic E-state index is -0.177. The van der Waals surface area contributed by atoms with Gasteiger partial charge < -0.3 is 4.90 Å². The molecule has 0 N–H and O–H groups in total. The van der Waals surface area contributed by atoms with E-state index in [9.17, 15) is 4.79 Å². The third-order valence-electron chi connectivity index (χ3n) is 3.14. The lowest BCUT2D eigenvalue weighted by molar-refractivity contribution is 0.0992. The molecule has 1 aromatic carbocycles. The van der Waals surface area contributed by atoms with Gasteiger partial charge in [0.15, 0.2) is 0 Å². The third-order valence-corrected chi connectivity index (χ3v) is 3.14. The van der Waals surface area contributed by atoms with Crippen LogP contribution in [-0.2, 0) is 0 Å². The number of hydrogen-bond acceptors (Lipinski definition) is 3. The summed E-state index contributed by atoms with van der Waals surface area (Å²) in [6.45, 7) is 3.95. The average Bonchev–Trinajstić information content (AvgIpc) is 2.48. The van der Waals surface area contributed by atoms with E-state index in [0.717, 1.165) is 16.8 Å². The van der Waals surface area contributed by atoms with Crippen LogP contribution < -0.4 is 4.90 Å². The number of rotatable bonds is 2. The average molecular weight is 265 g/mol. The molecular formula is C16H15N3O. The monoisotopic (exact) mass is 265 g/mol. The Bertz CT molecular complexity index is 701. The molecule has 20 heavy (non-hydrogen) atoms. The molecule has 0 aliphatic rings. The Hall–Kier alpha value is -2.67. The van der Waals surface area contributed by atoms with Gasteiger partial charge in [-0.05, 0) is 37.1 Å². The number of carbonyl (C=O) groups is 1. The van der Waals surface area contributed by atoms with Crippen molar-refractivity contribution in [3.05, 3.63) is 58.9 Å². The summed E-state index contributed by atoms with van der Waals surface area (Å²) in [6, 6.07) is 9.50. The Kier molecular flexibility index (Phi) is 3.81. The number of aryl methyl sites for hydroxylation is 2. The number of benzene rings is 1. The van der Waals surface area contributed by atoms with Crippen LogP contribution in [0.5, 0.6) is 0 Å². The first-order valence-corrected chi connectivity index (χ1v) is 6.23. The molecule has 4 heteroatoms. The summed E-state index contributed by atoms with van der Waals surface area (Å²) < 4.78 is 0. The van der Waals surface area contributed by atoms with Crippen molar-refractivity contribution in [3.63, 3.8) is 0 Å². The topological polar surface area (TPSA) is 57.0 Å². The molecule has 0 aliphatic heterocycles. The van der Waals surface area contributed by atoms with Crippen LogP contribution in [0.4, 0.5) is 5.69 Å². The molecule has 2 aromatic rings. The summed E-state index contributed by atoms with van der Waals surface area (Å²) in [4.78, 5) is 18.0. The lowest BCUT2D eigenvalue weighted by atomic mass is 10.1. The van der Waals surface area contributed by atoms with E-state index in [-0.39, 0.29) is 5.91 Å². The van der Waals surface area contributed by atoms with Crippen molar-refractivity contribution in [1.29, 1.82) is 5.26 Å². The van der Waals surface area contributed by atoms with E-state index in [1.807, 2.05) is 38.1 Å². The predicted molar refractivity (Wildman–Crippen MR) is 77.6 cm³/mol. The van der Waals surface area contributed by atoms with Crippen molar-refractivity contribution in [2.24, 2.45) is 0 Å². The number of aromatic nitrogens is 1. The molecule has 2 rings (SSSR count). The Balaban J connectivity index is 2.37. The molecule has 100 valence electrons. The van der Waals surface area contributed by atoms with Gasteiger partial charge in [-0.3, -0.25) is 9.78 Å². The highest BCUT2D eigenvalue weighted by Crippen LogP contribution is 2.22. The van der Waals surface area contributed by atoms with Crippen LogP contribution in [0.15, 0.2) is 36.7 Å². The standard InChI is InChI=1S/C16H15N3O/c1-11-4-5-12(2)15(6-11)19(3)16(20)14-7-13(8-17)9-18-10-14/h4-7,9-10H,1-3H3. The van der Waals surface area contributed by atoms with Gasteiger partial charge in [0.05, 0.1) is 11.1 Å². The Morgan fingerprint density at radius 3 is 2.70 bits per heavy atom. The third kappa shape index (κ3) is 2.67. The van der Waals surface area contributed by atoms with Gasteiger partial charge in [0, 0.05) is 25.1 Å². The molecule has 0 bridgehead atoms. The maximum Gasteiger partial charge on any atom is 0.259 e. The van der Waals surface area contributed by atoms with E-state index in [4.69, 9.17) is 5.26 Å². The van der Waals surface area contributed by atoms with Gasteiger partial charge in [-0.2, -0.15) is 5.26 Å². The highest BCUT2D eigenvalue weighted by Gasteiger charge is 2.16. The van der Waals surface area contributed by atoms with Crippen molar-refractivity contribution in [3.8, 4) is 6.07 Å². The Morgan fingerprint density at radius 1 is 1.25 bits per heavy atom. The van der Waals surface area contributed by atoms with E-state index in [0.29, 0.717) is 11.1 Å². The van der Waals surface area contributed by atoms with Crippen LogP contribution in [-0.4, -0.2) is 17.9 Å². The molecule has 0 aliphatic carbocycles. The SMILES string of the molecule is Cc1ccc(C)c(N(C)C(=O)c2cncc(C#N)c2)c1. The molecule has 0 radical (unpaired) electrons. The van der Waals surface area contributed by atoms with Crippen LogP contribution in [0.2, 0.25) is 0 Å². The van der Waals surface area contributed by atoms with Crippen LogP contribution in [0.1, 0.15) is 27.0 Å². The van der Waals surface area contributed by atoms with Crippen LogP contribution in [0, 0.1) is 25.2 Å². The maximum atomic E-state index is 12.5. The molecular weight excluding hydrogens is 250 g/mol. The maximum absolute atomic E-state index is 12.5. The number of pyridine rings is 1. The van der Waals surface area contributed by atoms with Gasteiger partial charge in [-0.25, -0.2) is 0 Å². The minimum absolute atomic E-state index is 0.177. The van der Waals surface area contributed by atoms with Gasteiger partial charge in [-0.15, -0.1) is 0 Å². The summed E-state index contributed by atoms with van der Waals surface area (Å²) in [7, 11) is 1.73. The van der Waals surface area contributed by atoms with Crippen LogP contribution >= 0.6 is 0 Å². The van der Waals surface area contributed by atoms with E-state index in [1.54, 1.807) is 18.0 Å². The van der Waals surface area contributed by atoms with Gasteiger partial charge in [0.1, 0.15) is 6.07 Å². The molecule has 0 spiro atoms. The predicted octanol–water partition coefficient (Wildman–Crippen LogP) is 2.85. The first kappa shape index (κ1) is 13.8. The molecule has 0 atom stereocenters. The number of hydrogen-bond donors (Lipinski definition) is 0. The lowest BCUT2D eigenvalue weighted by Crippen LogP contribution is -2.27. The largest absolute Gasteiger partial charge is 0.311 e. The second kappa shape index (κ2) is 5.54. The second-order valence-corrected chi connectivity index (χ2v) is 4.73. The molecule has 1 amide bonds. The van der Waals surface area contributed by atoms with Gasteiger partial charge in [-0.1, -0.05) is 12.1 Å². The summed E-state index contributed by atoms with van der Waals surface area (Å²) in [5, 5.41) is 8.87. The van der Waals surface area contributed by atoms with Crippen molar-refractivity contribution in [2.45, 2.75) is 13.8 Å². The summed E-state index contributed by atoms with van der Waals surface area (Å²) in [5.74, 6) is -0.177. The number of amides is 1. The number of anilines is 1. The highest BCUT2D eigenvalue weighted by molar-refractivity contribution is 6.06. The molecule has 0 saturated carbocycles. The Morgan fingerprint density at radius 2 is 2.00 bits per heavy atom. The van der Waals surface area contributed by atoms with E-state index in [1.165, 1.54) is 12.4 Å². The van der Waals surface area contributed by atoms with Crippen molar-refractivity contribution in [1.82, 2.24) is 4.98 Å². The van der Waals surface area contributed by atoms with Crippen molar-refractivity contribution in [2.75, 3.05) is 11.9 Å². The van der Waals surface area contributed by atoms with Crippen LogP contribution in [0.25, 0.3) is 0 Å². The normalized spacial score (nSPS) is 9.90. The fourth-order valence-corrected chi connectivity index (χ4v) is 2.00. The second-order valence-electron chi connectivity index (χ2n) is 4.73. The quantitative estimate of drug-likeness (QED) is 0.839. The number of nitriles is 1. The van der Waals surface area contributed by atoms with Gasteiger partial charge >= 0.3 is 0 Å². The van der Waals surface area contributed by atoms with Crippen molar-refractivity contribution < 1.29 is 4.79 Å². The van der Waals surface area contributed by atoms with E-state index < -0.39 is 0 Å². The molecule has 1 aromatic heterocycles. The molecule has 1 heterocycles. The lowest BCUT2D eigenvalue weighted by Gasteiger charge is -2.20. The zero-order chi connectivity index (χ0) is 14.7. The summed E-state index contributed by atoms with van der Waals surface area (Å²) >= 11 is 0. The first-order valence-electron chi connectivity index (χ1n) is 6.23.